The van der Waals surface area contributed by atoms with Crippen LogP contribution in [-0.2, 0) is 6.42 Å². The van der Waals surface area contributed by atoms with Gasteiger partial charge in [0.1, 0.15) is 5.82 Å². The minimum atomic E-state index is -0.429. The van der Waals surface area contributed by atoms with E-state index in [9.17, 15) is 9.18 Å². The largest absolute Gasteiger partial charge is 0.293 e. The fraction of sp³-hybridized carbons (Fsp3) is 0.214. The minimum absolute atomic E-state index is 0.00625. The summed E-state index contributed by atoms with van der Waals surface area (Å²) in [4.78, 5) is 13.9. The van der Waals surface area contributed by atoms with Crippen molar-refractivity contribution in [2.24, 2.45) is 0 Å². The molecule has 0 unspecified atom stereocenters. The monoisotopic (exact) mass is 282 g/mol. The molecular formula is C14H12ClFOS. The first-order valence-corrected chi connectivity index (χ1v) is 6.71. The van der Waals surface area contributed by atoms with Crippen molar-refractivity contribution in [1.82, 2.24) is 0 Å². The number of ketones is 1. The minimum Gasteiger partial charge on any atom is -0.293 e. The number of aryl methyl sites for hydroxylation is 2. The molecule has 1 aromatic carbocycles. The molecule has 2 rings (SSSR count). The van der Waals surface area contributed by atoms with Crippen LogP contribution in [-0.4, -0.2) is 5.78 Å². The number of carbonyl (C=O) groups excluding carboxylic acids is 1. The molecule has 0 atom stereocenters. The maximum Gasteiger partial charge on any atom is 0.177 e. The first-order valence-electron chi connectivity index (χ1n) is 5.52. The van der Waals surface area contributed by atoms with E-state index in [4.69, 9.17) is 11.6 Å². The molecule has 4 heteroatoms. The fourth-order valence-electron chi connectivity index (χ4n) is 1.86. The Kier molecular flexibility index (Phi) is 3.83. The van der Waals surface area contributed by atoms with Gasteiger partial charge < -0.3 is 0 Å². The van der Waals surface area contributed by atoms with Crippen LogP contribution in [0.5, 0.6) is 0 Å². The molecule has 0 aliphatic heterocycles. The molecule has 0 fully saturated rings. The van der Waals surface area contributed by atoms with E-state index in [1.54, 1.807) is 6.07 Å². The van der Waals surface area contributed by atoms with E-state index in [2.05, 4.69) is 0 Å². The molecule has 94 valence electrons. The van der Waals surface area contributed by atoms with Gasteiger partial charge in [-0.25, -0.2) is 4.39 Å². The van der Waals surface area contributed by atoms with E-state index < -0.39 is 5.82 Å². The summed E-state index contributed by atoms with van der Waals surface area (Å²) in [6, 6.07) is 6.41. The predicted molar refractivity (Wildman–Crippen MR) is 73.2 cm³/mol. The van der Waals surface area contributed by atoms with Crippen LogP contribution in [0.4, 0.5) is 4.39 Å². The normalized spacial score (nSPS) is 10.7. The standard InChI is InChI=1S/C14H12ClFOS/c1-8-6-9(2)18-14(8)13(17)7-10-11(15)4-3-5-12(10)16/h3-6H,7H2,1-2H3. The second kappa shape index (κ2) is 5.21. The molecule has 0 spiro atoms. The molecule has 0 amide bonds. The van der Waals surface area contributed by atoms with Gasteiger partial charge in [-0.15, -0.1) is 11.3 Å². The molecule has 0 radical (unpaired) electrons. The Balaban J connectivity index is 2.30. The van der Waals surface area contributed by atoms with Crippen LogP contribution >= 0.6 is 22.9 Å². The summed E-state index contributed by atoms with van der Waals surface area (Å²) in [5.74, 6) is -0.514. The van der Waals surface area contributed by atoms with Crippen LogP contribution in [0, 0.1) is 19.7 Å². The third kappa shape index (κ3) is 2.62. The maximum absolute atomic E-state index is 13.6. The molecule has 18 heavy (non-hydrogen) atoms. The van der Waals surface area contributed by atoms with Crippen molar-refractivity contribution in [2.45, 2.75) is 20.3 Å². The SMILES string of the molecule is Cc1cc(C)c(C(=O)Cc2c(F)cccc2Cl)s1. The lowest BCUT2D eigenvalue weighted by Crippen LogP contribution is -2.05. The third-order valence-corrected chi connectivity index (χ3v) is 4.24. The van der Waals surface area contributed by atoms with Gasteiger partial charge in [0.15, 0.2) is 5.78 Å². The highest BCUT2D eigenvalue weighted by molar-refractivity contribution is 7.14. The number of hydrogen-bond acceptors (Lipinski definition) is 2. The molecule has 2 aromatic rings. The fourth-order valence-corrected chi connectivity index (χ4v) is 3.05. The quantitative estimate of drug-likeness (QED) is 0.753. The topological polar surface area (TPSA) is 17.1 Å². The van der Waals surface area contributed by atoms with E-state index >= 15 is 0 Å². The van der Waals surface area contributed by atoms with Gasteiger partial charge in [0.2, 0.25) is 0 Å². The van der Waals surface area contributed by atoms with Crippen molar-refractivity contribution in [1.29, 1.82) is 0 Å². The summed E-state index contributed by atoms with van der Waals surface area (Å²) in [7, 11) is 0. The lowest BCUT2D eigenvalue weighted by atomic mass is 10.1. The summed E-state index contributed by atoms with van der Waals surface area (Å²) in [5.41, 5.74) is 1.21. The molecule has 0 aliphatic rings. The van der Waals surface area contributed by atoms with Crippen LogP contribution in [0.1, 0.15) is 25.7 Å². The van der Waals surface area contributed by atoms with Crippen LogP contribution in [0.25, 0.3) is 0 Å². The summed E-state index contributed by atoms with van der Waals surface area (Å²) < 4.78 is 13.6. The zero-order valence-corrected chi connectivity index (χ0v) is 11.7. The lowest BCUT2D eigenvalue weighted by molar-refractivity contribution is 0.0995. The van der Waals surface area contributed by atoms with E-state index in [0.717, 1.165) is 10.4 Å². The number of Topliss-reactive ketones (excluding diaryl/α,β-unsaturated/α-hetero) is 1. The van der Waals surface area contributed by atoms with Crippen molar-refractivity contribution in [3.63, 3.8) is 0 Å². The Hall–Kier alpha value is -1.19. The summed E-state index contributed by atoms with van der Waals surface area (Å²) in [5, 5.41) is 0.300. The molecule has 0 N–H and O–H groups in total. The van der Waals surface area contributed by atoms with Crippen molar-refractivity contribution in [3.05, 3.63) is 56.0 Å². The van der Waals surface area contributed by atoms with Crippen LogP contribution in [0.15, 0.2) is 24.3 Å². The van der Waals surface area contributed by atoms with Crippen molar-refractivity contribution in [3.8, 4) is 0 Å². The molecule has 1 heterocycles. The summed E-state index contributed by atoms with van der Waals surface area (Å²) in [6.45, 7) is 3.84. The van der Waals surface area contributed by atoms with Crippen molar-refractivity contribution >= 4 is 28.7 Å². The predicted octanol–water partition coefficient (Wildman–Crippen LogP) is 4.58. The third-order valence-electron chi connectivity index (χ3n) is 2.69. The highest BCUT2D eigenvalue weighted by Gasteiger charge is 2.16. The zero-order valence-electron chi connectivity index (χ0n) is 10.1. The highest BCUT2D eigenvalue weighted by Crippen LogP contribution is 2.25. The van der Waals surface area contributed by atoms with E-state index in [0.29, 0.717) is 9.90 Å². The number of carbonyl (C=O) groups is 1. The average Bonchev–Trinajstić information content (AvgIpc) is 2.63. The Labute approximate surface area is 114 Å². The van der Waals surface area contributed by atoms with E-state index in [1.807, 2.05) is 19.9 Å². The first kappa shape index (κ1) is 13.2. The summed E-state index contributed by atoms with van der Waals surface area (Å²) in [6.07, 6.45) is 0.00625. The van der Waals surface area contributed by atoms with Gasteiger partial charge in [-0.05, 0) is 37.6 Å². The van der Waals surface area contributed by atoms with Crippen LogP contribution in [0.3, 0.4) is 0 Å². The first-order chi connectivity index (χ1) is 8.49. The molecule has 0 aliphatic carbocycles. The lowest BCUT2D eigenvalue weighted by Gasteiger charge is -2.04. The average molecular weight is 283 g/mol. The maximum atomic E-state index is 13.6. The van der Waals surface area contributed by atoms with Crippen molar-refractivity contribution < 1.29 is 9.18 Å². The second-order valence-electron chi connectivity index (χ2n) is 4.17. The summed E-state index contributed by atoms with van der Waals surface area (Å²) >= 11 is 7.36. The molecule has 0 bridgehead atoms. The van der Waals surface area contributed by atoms with Gasteiger partial charge in [0.25, 0.3) is 0 Å². The van der Waals surface area contributed by atoms with E-state index in [1.165, 1.54) is 23.5 Å². The Morgan fingerprint density at radius 1 is 1.39 bits per heavy atom. The molecule has 0 saturated heterocycles. The van der Waals surface area contributed by atoms with Gasteiger partial charge in [-0.1, -0.05) is 17.7 Å². The van der Waals surface area contributed by atoms with Crippen LogP contribution < -0.4 is 0 Å². The highest BCUT2D eigenvalue weighted by atomic mass is 35.5. The van der Waals surface area contributed by atoms with Gasteiger partial charge in [0, 0.05) is 21.9 Å². The van der Waals surface area contributed by atoms with Crippen molar-refractivity contribution in [2.75, 3.05) is 0 Å². The van der Waals surface area contributed by atoms with Gasteiger partial charge >= 0.3 is 0 Å². The Morgan fingerprint density at radius 3 is 2.67 bits per heavy atom. The number of halogens is 2. The number of rotatable bonds is 3. The molecular weight excluding hydrogens is 271 g/mol. The molecule has 1 nitrogen and oxygen atoms in total. The van der Waals surface area contributed by atoms with Gasteiger partial charge in [0.05, 0.1) is 4.88 Å². The number of thiophene rings is 1. The number of hydrogen-bond donors (Lipinski definition) is 0. The molecule has 0 saturated carbocycles. The van der Waals surface area contributed by atoms with E-state index in [-0.39, 0.29) is 17.8 Å². The Morgan fingerprint density at radius 2 is 2.11 bits per heavy atom. The van der Waals surface area contributed by atoms with Crippen LogP contribution in [0.2, 0.25) is 5.02 Å². The second-order valence-corrected chi connectivity index (χ2v) is 5.83. The number of benzene rings is 1. The van der Waals surface area contributed by atoms with Gasteiger partial charge in [-0.2, -0.15) is 0 Å². The smallest absolute Gasteiger partial charge is 0.177 e. The Bertz CT molecular complexity index is 584. The molecule has 1 aromatic heterocycles. The zero-order chi connectivity index (χ0) is 13.3. The van der Waals surface area contributed by atoms with Gasteiger partial charge in [-0.3, -0.25) is 4.79 Å².